The van der Waals surface area contributed by atoms with Gasteiger partial charge >= 0.3 is 11.6 Å². The van der Waals surface area contributed by atoms with Crippen molar-refractivity contribution in [2.24, 2.45) is 0 Å². The normalized spacial score (nSPS) is 14.2. The third-order valence-corrected chi connectivity index (χ3v) is 4.45. The minimum Gasteiger partial charge on any atom is -0.483 e. The molecule has 1 aliphatic carbocycles. The van der Waals surface area contributed by atoms with Gasteiger partial charge in [0.05, 0.1) is 0 Å². The number of carboxylic acid groups (broad SMARTS) is 1. The third kappa shape index (κ3) is 3.22. The molecule has 1 aromatic carbocycles. The van der Waals surface area contributed by atoms with E-state index in [4.69, 9.17) is 14.3 Å². The van der Waals surface area contributed by atoms with Gasteiger partial charge in [0.15, 0.2) is 6.61 Å². The molecule has 2 aromatic rings. The highest BCUT2D eigenvalue weighted by atomic mass is 16.5. The van der Waals surface area contributed by atoms with Crippen LogP contribution < -0.4 is 15.7 Å². The Kier molecular flexibility index (Phi) is 4.48. The van der Waals surface area contributed by atoms with E-state index in [1.165, 1.54) is 6.92 Å². The van der Waals surface area contributed by atoms with Crippen molar-refractivity contribution in [2.45, 2.75) is 39.2 Å². The maximum atomic E-state index is 12.1. The van der Waals surface area contributed by atoms with Crippen LogP contribution in [0.4, 0.5) is 0 Å². The summed E-state index contributed by atoms with van der Waals surface area (Å²) < 4.78 is 10.9. The number of nitrogens with one attached hydrogen (secondary N) is 1. The fraction of sp³-hybridized carbons (Fsp3) is 0.389. The molecule has 132 valence electrons. The zero-order valence-electron chi connectivity index (χ0n) is 14.0. The van der Waals surface area contributed by atoms with Crippen LogP contribution in [0.2, 0.25) is 0 Å². The van der Waals surface area contributed by atoms with Crippen LogP contribution in [0.25, 0.3) is 11.0 Å². The first-order valence-corrected chi connectivity index (χ1v) is 8.11. The summed E-state index contributed by atoms with van der Waals surface area (Å²) in [4.78, 5) is 34.6. The SMILES string of the molecule is Cc1c(OCC(=O)N[C@H](C)C(=O)O)ccc2c3c(c(=O)oc12)CCC3. The summed E-state index contributed by atoms with van der Waals surface area (Å²) in [5, 5.41) is 12.0. The molecule has 1 heterocycles. The molecule has 2 N–H and O–H groups in total. The van der Waals surface area contributed by atoms with Crippen LogP contribution in [0.15, 0.2) is 21.3 Å². The first kappa shape index (κ1) is 17.0. The average Bonchev–Trinajstić information content (AvgIpc) is 3.05. The topological polar surface area (TPSA) is 106 Å². The first-order valence-electron chi connectivity index (χ1n) is 8.11. The molecule has 0 bridgehead atoms. The Labute approximate surface area is 143 Å². The molecule has 1 aliphatic rings. The molecule has 0 saturated heterocycles. The summed E-state index contributed by atoms with van der Waals surface area (Å²) in [6, 6.07) is 2.58. The molecular weight excluding hydrogens is 326 g/mol. The number of hydrogen-bond donors (Lipinski definition) is 2. The van der Waals surface area contributed by atoms with Gasteiger partial charge in [0.1, 0.15) is 17.4 Å². The summed E-state index contributed by atoms with van der Waals surface area (Å²) in [6.07, 6.45) is 2.54. The molecule has 1 aromatic heterocycles. The molecule has 0 spiro atoms. The number of fused-ring (bicyclic) bond motifs is 3. The zero-order chi connectivity index (χ0) is 18.1. The number of rotatable bonds is 5. The lowest BCUT2D eigenvalue weighted by Crippen LogP contribution is -2.40. The van der Waals surface area contributed by atoms with Crippen LogP contribution in [0, 0.1) is 6.92 Å². The van der Waals surface area contributed by atoms with E-state index in [0.717, 1.165) is 35.8 Å². The minimum absolute atomic E-state index is 0.312. The van der Waals surface area contributed by atoms with Crippen LogP contribution in [0.1, 0.15) is 30.0 Å². The van der Waals surface area contributed by atoms with Crippen molar-refractivity contribution in [1.29, 1.82) is 0 Å². The quantitative estimate of drug-likeness (QED) is 0.797. The predicted octanol–water partition coefficient (Wildman–Crippen LogP) is 1.56. The fourth-order valence-electron chi connectivity index (χ4n) is 3.11. The molecule has 0 saturated carbocycles. The van der Waals surface area contributed by atoms with Crippen molar-refractivity contribution in [3.63, 3.8) is 0 Å². The molecule has 3 rings (SSSR count). The zero-order valence-corrected chi connectivity index (χ0v) is 14.0. The predicted molar refractivity (Wildman–Crippen MR) is 90.0 cm³/mol. The number of carboxylic acids is 1. The van der Waals surface area contributed by atoms with Crippen molar-refractivity contribution < 1.29 is 23.8 Å². The number of aliphatic carboxylic acids is 1. The lowest BCUT2D eigenvalue weighted by atomic mass is 10.0. The monoisotopic (exact) mass is 345 g/mol. The summed E-state index contributed by atoms with van der Waals surface area (Å²) in [6.45, 7) is 2.82. The Morgan fingerprint density at radius 1 is 1.32 bits per heavy atom. The Balaban J connectivity index is 1.83. The summed E-state index contributed by atoms with van der Waals surface area (Å²) in [5.41, 5.74) is 2.59. The molecule has 0 fully saturated rings. The molecule has 0 unspecified atom stereocenters. The first-order chi connectivity index (χ1) is 11.9. The molecule has 25 heavy (non-hydrogen) atoms. The molecule has 7 heteroatoms. The van der Waals surface area contributed by atoms with E-state index in [2.05, 4.69) is 5.32 Å². The number of hydrogen-bond acceptors (Lipinski definition) is 5. The number of amides is 1. The Morgan fingerprint density at radius 2 is 2.04 bits per heavy atom. The molecular formula is C18H19NO6. The Morgan fingerprint density at radius 3 is 2.76 bits per heavy atom. The second kappa shape index (κ2) is 6.58. The average molecular weight is 345 g/mol. The lowest BCUT2D eigenvalue weighted by molar-refractivity contribution is -0.141. The minimum atomic E-state index is -1.12. The van der Waals surface area contributed by atoms with Gasteiger partial charge < -0.3 is 19.6 Å². The van der Waals surface area contributed by atoms with Crippen LogP contribution in [0.5, 0.6) is 5.75 Å². The van der Waals surface area contributed by atoms with E-state index in [-0.39, 0.29) is 12.2 Å². The number of aryl methyl sites for hydroxylation is 2. The second-order valence-corrected chi connectivity index (χ2v) is 6.18. The Bertz CT molecular complexity index is 914. The highest BCUT2D eigenvalue weighted by Crippen LogP contribution is 2.32. The molecule has 0 radical (unpaired) electrons. The fourth-order valence-corrected chi connectivity index (χ4v) is 3.11. The van der Waals surface area contributed by atoms with E-state index in [9.17, 15) is 14.4 Å². The number of carbonyl (C=O) groups is 2. The number of ether oxygens (including phenoxy) is 1. The van der Waals surface area contributed by atoms with E-state index in [1.54, 1.807) is 13.0 Å². The molecule has 0 aliphatic heterocycles. The van der Waals surface area contributed by atoms with Gasteiger partial charge in [-0.25, -0.2) is 4.79 Å². The van der Waals surface area contributed by atoms with Gasteiger partial charge in [0, 0.05) is 16.5 Å². The summed E-state index contributed by atoms with van der Waals surface area (Å²) in [7, 11) is 0. The van der Waals surface area contributed by atoms with Crippen molar-refractivity contribution in [2.75, 3.05) is 6.61 Å². The van der Waals surface area contributed by atoms with Gasteiger partial charge in [0.25, 0.3) is 5.91 Å². The summed E-state index contributed by atoms with van der Waals surface area (Å²) in [5.74, 6) is -1.23. The van der Waals surface area contributed by atoms with Gasteiger partial charge in [-0.05, 0) is 50.8 Å². The van der Waals surface area contributed by atoms with Gasteiger partial charge in [-0.3, -0.25) is 9.59 Å². The van der Waals surface area contributed by atoms with E-state index in [0.29, 0.717) is 16.9 Å². The molecule has 1 amide bonds. The Hall–Kier alpha value is -2.83. The van der Waals surface area contributed by atoms with Gasteiger partial charge in [-0.1, -0.05) is 0 Å². The van der Waals surface area contributed by atoms with E-state index < -0.39 is 17.9 Å². The largest absolute Gasteiger partial charge is 0.483 e. The van der Waals surface area contributed by atoms with E-state index >= 15 is 0 Å². The maximum absolute atomic E-state index is 12.1. The van der Waals surface area contributed by atoms with Crippen LogP contribution in [0.3, 0.4) is 0 Å². The highest BCUT2D eigenvalue weighted by molar-refractivity contribution is 5.87. The van der Waals surface area contributed by atoms with Crippen molar-refractivity contribution in [3.8, 4) is 5.75 Å². The van der Waals surface area contributed by atoms with Crippen molar-refractivity contribution >= 4 is 22.8 Å². The van der Waals surface area contributed by atoms with Gasteiger partial charge in [-0.15, -0.1) is 0 Å². The second-order valence-electron chi connectivity index (χ2n) is 6.18. The van der Waals surface area contributed by atoms with Gasteiger partial charge in [0.2, 0.25) is 0 Å². The summed E-state index contributed by atoms with van der Waals surface area (Å²) >= 11 is 0. The third-order valence-electron chi connectivity index (χ3n) is 4.45. The number of carbonyl (C=O) groups excluding carboxylic acids is 1. The van der Waals surface area contributed by atoms with E-state index in [1.807, 2.05) is 6.07 Å². The highest BCUT2D eigenvalue weighted by Gasteiger charge is 2.21. The van der Waals surface area contributed by atoms with Crippen LogP contribution >= 0.6 is 0 Å². The van der Waals surface area contributed by atoms with Crippen LogP contribution in [-0.2, 0) is 22.4 Å². The van der Waals surface area contributed by atoms with Crippen LogP contribution in [-0.4, -0.2) is 29.6 Å². The van der Waals surface area contributed by atoms with Gasteiger partial charge in [-0.2, -0.15) is 0 Å². The smallest absolute Gasteiger partial charge is 0.339 e. The molecule has 7 nitrogen and oxygen atoms in total. The standard InChI is InChI=1S/C18H19NO6/c1-9-14(24-8-15(20)19-10(2)17(21)22)7-6-12-11-4-3-5-13(11)18(23)25-16(9)12/h6-7,10H,3-5,8H2,1-2H3,(H,19,20)(H,21,22)/t10-/m1/s1. The van der Waals surface area contributed by atoms with Crippen molar-refractivity contribution in [1.82, 2.24) is 5.32 Å². The lowest BCUT2D eigenvalue weighted by Gasteiger charge is -2.13. The maximum Gasteiger partial charge on any atom is 0.339 e. The molecule has 1 atom stereocenters. The van der Waals surface area contributed by atoms with Crippen molar-refractivity contribution in [3.05, 3.63) is 39.2 Å². The number of benzene rings is 1.